The fourth-order valence-corrected chi connectivity index (χ4v) is 2.04. The van der Waals surface area contributed by atoms with Crippen LogP contribution < -0.4 is 15.8 Å². The Kier molecular flexibility index (Phi) is 7.57. The molecule has 3 N–H and O–H groups in total. The molecule has 23 heavy (non-hydrogen) atoms. The van der Waals surface area contributed by atoms with Crippen LogP contribution in [0.2, 0.25) is 0 Å². The van der Waals surface area contributed by atoms with Crippen LogP contribution in [0.5, 0.6) is 5.75 Å². The minimum Gasteiger partial charge on any atom is -0.488 e. The molecule has 7 heteroatoms. The van der Waals surface area contributed by atoms with Gasteiger partial charge < -0.3 is 20.3 Å². The molecular formula is C16H22ClN3O3. The third-order valence-corrected chi connectivity index (χ3v) is 3.35. The molecule has 1 amide bonds. The molecule has 0 aliphatic rings. The molecule has 2 aromatic rings. The molecule has 0 fully saturated rings. The molecule has 0 bridgehead atoms. The summed E-state index contributed by atoms with van der Waals surface area (Å²) in [5.41, 5.74) is 7.62. The van der Waals surface area contributed by atoms with Gasteiger partial charge in [-0.05, 0) is 38.9 Å². The van der Waals surface area contributed by atoms with Gasteiger partial charge in [-0.1, -0.05) is 17.3 Å². The lowest BCUT2D eigenvalue weighted by atomic mass is 10.1. The van der Waals surface area contributed by atoms with Gasteiger partial charge in [0.25, 0.3) is 5.91 Å². The van der Waals surface area contributed by atoms with E-state index in [1.165, 1.54) is 0 Å². The summed E-state index contributed by atoms with van der Waals surface area (Å²) in [4.78, 5) is 12.2. The first-order valence-electron chi connectivity index (χ1n) is 7.25. The Morgan fingerprint density at radius 1 is 1.35 bits per heavy atom. The van der Waals surface area contributed by atoms with Crippen molar-refractivity contribution in [3.8, 4) is 5.75 Å². The highest BCUT2D eigenvalue weighted by molar-refractivity contribution is 5.96. The van der Waals surface area contributed by atoms with Gasteiger partial charge >= 0.3 is 0 Å². The van der Waals surface area contributed by atoms with E-state index in [1.807, 2.05) is 19.9 Å². The Morgan fingerprint density at radius 3 is 2.74 bits per heavy atom. The van der Waals surface area contributed by atoms with E-state index in [2.05, 4.69) is 10.5 Å². The molecule has 1 heterocycles. The van der Waals surface area contributed by atoms with Crippen molar-refractivity contribution in [2.45, 2.75) is 26.9 Å². The van der Waals surface area contributed by atoms with E-state index < -0.39 is 0 Å². The second kappa shape index (κ2) is 9.17. The van der Waals surface area contributed by atoms with Gasteiger partial charge in [-0.2, -0.15) is 0 Å². The number of nitrogens with one attached hydrogen (secondary N) is 1. The summed E-state index contributed by atoms with van der Waals surface area (Å²) in [5, 5.41) is 6.72. The fraction of sp³-hybridized carbons (Fsp3) is 0.375. The summed E-state index contributed by atoms with van der Waals surface area (Å²) in [6, 6.07) is 7.15. The number of rotatable bonds is 7. The number of halogens is 1. The number of aromatic nitrogens is 1. The van der Waals surface area contributed by atoms with Gasteiger partial charge in [-0.15, -0.1) is 12.4 Å². The van der Waals surface area contributed by atoms with Crippen LogP contribution in [0.1, 0.15) is 33.8 Å². The van der Waals surface area contributed by atoms with E-state index >= 15 is 0 Å². The minimum atomic E-state index is -0.164. The maximum absolute atomic E-state index is 12.2. The predicted molar refractivity (Wildman–Crippen MR) is 90.0 cm³/mol. The Morgan fingerprint density at radius 2 is 2.09 bits per heavy atom. The number of ether oxygens (including phenoxy) is 1. The second-order valence-corrected chi connectivity index (χ2v) is 4.99. The number of benzene rings is 1. The van der Waals surface area contributed by atoms with E-state index in [4.69, 9.17) is 15.0 Å². The van der Waals surface area contributed by atoms with Gasteiger partial charge in [0.2, 0.25) is 0 Å². The van der Waals surface area contributed by atoms with Gasteiger partial charge in [0.15, 0.2) is 0 Å². The Hall–Kier alpha value is -2.05. The molecule has 0 spiro atoms. The van der Waals surface area contributed by atoms with Crippen LogP contribution >= 0.6 is 12.4 Å². The smallest absolute Gasteiger partial charge is 0.255 e. The van der Waals surface area contributed by atoms with Crippen molar-refractivity contribution in [3.63, 3.8) is 0 Å². The monoisotopic (exact) mass is 339 g/mol. The molecule has 2 rings (SSSR count). The lowest BCUT2D eigenvalue weighted by molar-refractivity contribution is 0.0949. The van der Waals surface area contributed by atoms with E-state index in [9.17, 15) is 4.79 Å². The number of nitrogens with two attached hydrogens (primary N) is 1. The van der Waals surface area contributed by atoms with Crippen LogP contribution in [0.25, 0.3) is 0 Å². The third kappa shape index (κ3) is 4.97. The number of nitrogens with zero attached hydrogens (tertiary/aromatic N) is 1. The number of carbonyl (C=O) groups is 1. The molecule has 0 unspecified atom stereocenters. The fourth-order valence-electron chi connectivity index (χ4n) is 2.04. The maximum Gasteiger partial charge on any atom is 0.255 e. The summed E-state index contributed by atoms with van der Waals surface area (Å²) in [6.45, 7) is 5.11. The quantitative estimate of drug-likeness (QED) is 0.756. The van der Waals surface area contributed by atoms with Crippen molar-refractivity contribution >= 4 is 18.3 Å². The summed E-state index contributed by atoms with van der Waals surface area (Å²) in [7, 11) is 0. The first kappa shape index (κ1) is 19.0. The number of amides is 1. The topological polar surface area (TPSA) is 90.4 Å². The number of hydrogen-bond acceptors (Lipinski definition) is 5. The number of carbonyl (C=O) groups excluding carboxylic acids is 1. The molecule has 0 radical (unpaired) electrons. The zero-order valence-electron chi connectivity index (χ0n) is 13.3. The minimum absolute atomic E-state index is 0. The van der Waals surface area contributed by atoms with Gasteiger partial charge in [0.1, 0.15) is 18.1 Å². The van der Waals surface area contributed by atoms with Crippen molar-refractivity contribution < 1.29 is 14.1 Å². The van der Waals surface area contributed by atoms with E-state index in [0.717, 1.165) is 23.4 Å². The first-order chi connectivity index (χ1) is 10.6. The average molecular weight is 340 g/mol. The van der Waals surface area contributed by atoms with Crippen LogP contribution in [0.15, 0.2) is 28.8 Å². The highest BCUT2D eigenvalue weighted by Crippen LogP contribution is 2.21. The Bertz CT molecular complexity index is 624. The number of para-hydroxylation sites is 1. The highest BCUT2D eigenvalue weighted by atomic mass is 35.5. The highest BCUT2D eigenvalue weighted by Gasteiger charge is 2.14. The van der Waals surface area contributed by atoms with Crippen molar-refractivity contribution in [3.05, 3.63) is 46.8 Å². The zero-order chi connectivity index (χ0) is 15.9. The summed E-state index contributed by atoms with van der Waals surface area (Å²) in [6.07, 6.45) is 0.744. The lowest BCUT2D eigenvalue weighted by Gasteiger charge is -2.11. The third-order valence-electron chi connectivity index (χ3n) is 3.35. The summed E-state index contributed by atoms with van der Waals surface area (Å²) in [5.74, 6) is 1.10. The largest absolute Gasteiger partial charge is 0.488 e. The molecule has 1 aromatic carbocycles. The molecule has 0 aliphatic carbocycles. The summed E-state index contributed by atoms with van der Waals surface area (Å²) >= 11 is 0. The van der Waals surface area contributed by atoms with Crippen LogP contribution in [-0.2, 0) is 6.61 Å². The van der Waals surface area contributed by atoms with Crippen LogP contribution in [0.4, 0.5) is 0 Å². The SMILES string of the molecule is Cc1noc(C)c1COc1ccccc1C(=O)NCCCN.Cl. The molecule has 0 saturated carbocycles. The second-order valence-electron chi connectivity index (χ2n) is 4.99. The molecule has 126 valence electrons. The first-order valence-corrected chi connectivity index (χ1v) is 7.25. The van der Waals surface area contributed by atoms with Crippen LogP contribution in [0, 0.1) is 13.8 Å². The Balaban J connectivity index is 0.00000264. The van der Waals surface area contributed by atoms with Crippen molar-refractivity contribution in [2.24, 2.45) is 5.73 Å². The van der Waals surface area contributed by atoms with Gasteiger partial charge in [0.05, 0.1) is 16.8 Å². The van der Waals surface area contributed by atoms with Gasteiger partial charge in [-0.25, -0.2) is 0 Å². The van der Waals surface area contributed by atoms with Crippen LogP contribution in [0.3, 0.4) is 0 Å². The van der Waals surface area contributed by atoms with Crippen molar-refractivity contribution in [1.82, 2.24) is 10.5 Å². The lowest BCUT2D eigenvalue weighted by Crippen LogP contribution is -2.26. The molecular weight excluding hydrogens is 318 g/mol. The molecule has 0 atom stereocenters. The van der Waals surface area contributed by atoms with E-state index in [-0.39, 0.29) is 18.3 Å². The normalized spacial score (nSPS) is 10.0. The Labute approximate surface area is 141 Å². The number of aryl methyl sites for hydroxylation is 2. The maximum atomic E-state index is 12.2. The molecule has 0 saturated heterocycles. The van der Waals surface area contributed by atoms with E-state index in [1.54, 1.807) is 18.2 Å². The molecule has 1 aromatic heterocycles. The van der Waals surface area contributed by atoms with Crippen LogP contribution in [-0.4, -0.2) is 24.2 Å². The molecule has 0 aliphatic heterocycles. The molecule has 6 nitrogen and oxygen atoms in total. The average Bonchev–Trinajstić information content (AvgIpc) is 2.84. The van der Waals surface area contributed by atoms with Gasteiger partial charge in [-0.3, -0.25) is 4.79 Å². The van der Waals surface area contributed by atoms with Gasteiger partial charge in [0, 0.05) is 6.54 Å². The van der Waals surface area contributed by atoms with Crippen molar-refractivity contribution in [1.29, 1.82) is 0 Å². The zero-order valence-corrected chi connectivity index (χ0v) is 14.1. The standard InChI is InChI=1S/C16H21N3O3.ClH/c1-11-14(12(2)22-19-11)10-21-15-7-4-3-6-13(15)16(20)18-9-5-8-17;/h3-4,6-7H,5,8-10,17H2,1-2H3,(H,18,20);1H. The summed E-state index contributed by atoms with van der Waals surface area (Å²) < 4.78 is 10.9. The predicted octanol–water partition coefficient (Wildman–Crippen LogP) is 2.37. The number of hydrogen-bond donors (Lipinski definition) is 2. The van der Waals surface area contributed by atoms with Crippen molar-refractivity contribution in [2.75, 3.05) is 13.1 Å². The van der Waals surface area contributed by atoms with E-state index in [0.29, 0.717) is 31.0 Å².